The van der Waals surface area contributed by atoms with Gasteiger partial charge in [-0.15, -0.1) is 0 Å². The zero-order chi connectivity index (χ0) is 12.4. The third kappa shape index (κ3) is 3.03. The molecule has 2 rings (SSSR count). The van der Waals surface area contributed by atoms with Gasteiger partial charge in [0, 0.05) is 16.6 Å². The zero-order valence-corrected chi connectivity index (χ0v) is 13.1. The van der Waals surface area contributed by atoms with Gasteiger partial charge in [-0.3, -0.25) is 0 Å². The number of H-pyrrole nitrogens is 1. The molecule has 0 aliphatic rings. The predicted molar refractivity (Wildman–Crippen MR) is 78.8 cm³/mol. The number of nitrogens with one attached hydrogen (secondary N) is 1. The molecule has 2 nitrogen and oxygen atoms in total. The fraction of sp³-hybridized carbons (Fsp3) is 0.167. The van der Waals surface area contributed by atoms with Gasteiger partial charge in [-0.05, 0) is 34.5 Å². The van der Waals surface area contributed by atoms with Crippen molar-refractivity contribution in [3.63, 3.8) is 0 Å². The van der Waals surface area contributed by atoms with Crippen LogP contribution in [0.25, 0.3) is 0 Å². The van der Waals surface area contributed by atoms with Gasteiger partial charge in [0.15, 0.2) is 0 Å². The molecule has 0 bridgehead atoms. The molecule has 1 aromatic carbocycles. The summed E-state index contributed by atoms with van der Waals surface area (Å²) in [4.78, 5) is 7.61. The van der Waals surface area contributed by atoms with Crippen molar-refractivity contribution < 1.29 is 0 Å². The van der Waals surface area contributed by atoms with Gasteiger partial charge in [-0.1, -0.05) is 46.3 Å². The Labute approximate surface area is 122 Å². The van der Waals surface area contributed by atoms with Crippen molar-refractivity contribution >= 4 is 44.1 Å². The van der Waals surface area contributed by atoms with E-state index in [2.05, 4.69) is 47.9 Å². The molecule has 0 saturated heterocycles. The Kier molecular flexibility index (Phi) is 4.12. The average Bonchev–Trinajstić information content (AvgIpc) is 2.29. The number of aromatic amines is 1. The fourth-order valence-electron chi connectivity index (χ4n) is 1.54. The summed E-state index contributed by atoms with van der Waals surface area (Å²) in [6.07, 6.45) is 0.735. The van der Waals surface area contributed by atoms with Crippen molar-refractivity contribution in [3.05, 3.63) is 54.9 Å². The summed E-state index contributed by atoms with van der Waals surface area (Å²) in [5.74, 6) is 0.877. The number of aryl methyl sites for hydroxylation is 1. The van der Waals surface area contributed by atoms with E-state index < -0.39 is 0 Å². The molecule has 0 amide bonds. The molecular formula is C12H10Br2N2S. The second-order valence-electron chi connectivity index (χ2n) is 3.70. The molecule has 1 aromatic heterocycles. The van der Waals surface area contributed by atoms with Crippen LogP contribution < -0.4 is 0 Å². The van der Waals surface area contributed by atoms with Gasteiger partial charge in [-0.25, -0.2) is 4.98 Å². The fourth-order valence-corrected chi connectivity index (χ4v) is 2.41. The van der Waals surface area contributed by atoms with Crippen LogP contribution in [0, 0.1) is 11.6 Å². The van der Waals surface area contributed by atoms with Crippen LogP contribution in [0.1, 0.15) is 17.1 Å². The van der Waals surface area contributed by atoms with Gasteiger partial charge in [0.05, 0.1) is 4.47 Å². The van der Waals surface area contributed by atoms with Gasteiger partial charge >= 0.3 is 0 Å². The van der Waals surface area contributed by atoms with Gasteiger partial charge in [0.2, 0.25) is 0 Å². The maximum absolute atomic E-state index is 5.19. The van der Waals surface area contributed by atoms with Crippen LogP contribution in [0.3, 0.4) is 0 Å². The smallest absolute Gasteiger partial charge is 0.144 e. The maximum Gasteiger partial charge on any atom is 0.144 e. The molecule has 0 unspecified atom stereocenters. The summed E-state index contributed by atoms with van der Waals surface area (Å²) in [6.45, 7) is 1.98. The highest BCUT2D eigenvalue weighted by Crippen LogP contribution is 2.20. The molecule has 1 heterocycles. The van der Waals surface area contributed by atoms with E-state index in [1.165, 1.54) is 5.56 Å². The average molecular weight is 374 g/mol. The standard InChI is InChI=1S/C12H10Br2N2S/c1-7-11(14)12(17)16-10(15-7)6-8-4-2-3-5-9(8)13/h2-5H,6H2,1H3,(H,15,16,17). The Morgan fingerprint density at radius 3 is 2.65 bits per heavy atom. The molecule has 2 aromatic rings. The number of aromatic nitrogens is 2. The van der Waals surface area contributed by atoms with Crippen molar-refractivity contribution in [2.24, 2.45) is 0 Å². The number of nitrogens with zero attached hydrogens (tertiary/aromatic N) is 1. The third-order valence-corrected chi connectivity index (χ3v) is 4.70. The third-order valence-electron chi connectivity index (χ3n) is 2.40. The lowest BCUT2D eigenvalue weighted by Crippen LogP contribution is -2.00. The van der Waals surface area contributed by atoms with Crippen LogP contribution >= 0.6 is 44.1 Å². The first-order valence-corrected chi connectivity index (χ1v) is 7.06. The molecule has 5 heteroatoms. The van der Waals surface area contributed by atoms with E-state index in [0.29, 0.717) is 4.64 Å². The lowest BCUT2D eigenvalue weighted by atomic mass is 10.1. The highest BCUT2D eigenvalue weighted by molar-refractivity contribution is 9.10. The van der Waals surface area contributed by atoms with E-state index in [4.69, 9.17) is 12.2 Å². The summed E-state index contributed by atoms with van der Waals surface area (Å²) in [7, 11) is 0. The molecule has 0 saturated carbocycles. The zero-order valence-electron chi connectivity index (χ0n) is 9.13. The first kappa shape index (κ1) is 12.9. The van der Waals surface area contributed by atoms with E-state index in [-0.39, 0.29) is 0 Å². The first-order valence-electron chi connectivity index (χ1n) is 5.06. The van der Waals surface area contributed by atoms with E-state index in [0.717, 1.165) is 26.9 Å². The van der Waals surface area contributed by atoms with Gasteiger partial charge < -0.3 is 4.98 Å². The first-order chi connectivity index (χ1) is 8.08. The topological polar surface area (TPSA) is 28.7 Å². The summed E-state index contributed by atoms with van der Waals surface area (Å²) < 4.78 is 2.55. The Morgan fingerprint density at radius 2 is 2.00 bits per heavy atom. The number of rotatable bonds is 2. The molecule has 0 fully saturated rings. The van der Waals surface area contributed by atoms with Crippen LogP contribution in [0.4, 0.5) is 0 Å². The molecule has 17 heavy (non-hydrogen) atoms. The van der Waals surface area contributed by atoms with Gasteiger partial charge in [0.1, 0.15) is 10.5 Å². The lowest BCUT2D eigenvalue weighted by molar-refractivity contribution is 0.923. The molecule has 0 spiro atoms. The highest BCUT2D eigenvalue weighted by atomic mass is 79.9. The Hall–Kier alpha value is -0.520. The predicted octanol–water partition coefficient (Wildman–Crippen LogP) is 4.56. The van der Waals surface area contributed by atoms with Crippen molar-refractivity contribution in [3.8, 4) is 0 Å². The number of hydrogen-bond donors (Lipinski definition) is 1. The van der Waals surface area contributed by atoms with E-state index in [1.54, 1.807) is 0 Å². The molecule has 88 valence electrons. The van der Waals surface area contributed by atoms with Gasteiger partial charge in [0.25, 0.3) is 0 Å². The molecule has 0 atom stereocenters. The quantitative estimate of drug-likeness (QED) is 0.781. The monoisotopic (exact) mass is 372 g/mol. The Bertz CT molecular complexity index is 608. The Balaban J connectivity index is 2.38. The van der Waals surface area contributed by atoms with Crippen molar-refractivity contribution in [2.45, 2.75) is 13.3 Å². The van der Waals surface area contributed by atoms with Crippen LogP contribution in [-0.4, -0.2) is 9.97 Å². The number of hydrogen-bond acceptors (Lipinski definition) is 2. The van der Waals surface area contributed by atoms with Crippen LogP contribution in [0.15, 0.2) is 33.2 Å². The van der Waals surface area contributed by atoms with E-state index in [9.17, 15) is 0 Å². The lowest BCUT2D eigenvalue weighted by Gasteiger charge is -2.06. The van der Waals surface area contributed by atoms with Gasteiger partial charge in [-0.2, -0.15) is 0 Å². The van der Waals surface area contributed by atoms with Crippen LogP contribution in [0.5, 0.6) is 0 Å². The molecule has 0 radical (unpaired) electrons. The summed E-state index contributed by atoms with van der Waals surface area (Å²) >= 11 is 12.1. The van der Waals surface area contributed by atoms with Crippen LogP contribution in [0.2, 0.25) is 0 Å². The Morgan fingerprint density at radius 1 is 1.29 bits per heavy atom. The minimum absolute atomic E-state index is 0.600. The van der Waals surface area contributed by atoms with E-state index >= 15 is 0 Å². The van der Waals surface area contributed by atoms with Crippen molar-refractivity contribution in [2.75, 3.05) is 0 Å². The highest BCUT2D eigenvalue weighted by Gasteiger charge is 2.05. The maximum atomic E-state index is 5.19. The summed E-state index contributed by atoms with van der Waals surface area (Å²) in [5.41, 5.74) is 2.19. The minimum atomic E-state index is 0.600. The SMILES string of the molecule is Cc1[nH]c(Cc2ccccc2Br)nc(=S)c1Br. The largest absolute Gasteiger partial charge is 0.346 e. The molecule has 1 N–H and O–H groups in total. The second kappa shape index (κ2) is 5.42. The van der Waals surface area contributed by atoms with Crippen LogP contribution in [-0.2, 0) is 6.42 Å². The number of halogens is 2. The van der Waals surface area contributed by atoms with Crippen molar-refractivity contribution in [1.29, 1.82) is 0 Å². The minimum Gasteiger partial charge on any atom is -0.346 e. The number of benzene rings is 1. The molecule has 0 aliphatic heterocycles. The summed E-state index contributed by atoms with van der Waals surface area (Å²) in [6, 6.07) is 8.10. The molecule has 0 aliphatic carbocycles. The summed E-state index contributed by atoms with van der Waals surface area (Å²) in [5, 5.41) is 0. The normalized spacial score (nSPS) is 10.5. The van der Waals surface area contributed by atoms with E-state index in [1.807, 2.05) is 25.1 Å². The molecular weight excluding hydrogens is 364 g/mol. The second-order valence-corrected chi connectivity index (χ2v) is 5.73. The van der Waals surface area contributed by atoms with Crippen molar-refractivity contribution in [1.82, 2.24) is 9.97 Å².